The van der Waals surface area contributed by atoms with Gasteiger partial charge in [-0.05, 0) is 17.9 Å². The van der Waals surface area contributed by atoms with Crippen LogP contribution in [0.1, 0.15) is 20.3 Å². The van der Waals surface area contributed by atoms with Crippen LogP contribution >= 0.6 is 0 Å². The van der Waals surface area contributed by atoms with Crippen LogP contribution in [0.3, 0.4) is 0 Å². The summed E-state index contributed by atoms with van der Waals surface area (Å²) in [6, 6.07) is 10.5. The van der Waals surface area contributed by atoms with E-state index in [4.69, 9.17) is 0 Å². The molecule has 0 aromatic heterocycles. The van der Waals surface area contributed by atoms with E-state index in [0.29, 0.717) is 5.92 Å². The summed E-state index contributed by atoms with van der Waals surface area (Å²) in [6.45, 7) is 8.82. The molecular formula is C15H22OSi. The second-order valence-corrected chi connectivity index (χ2v) is 9.47. The van der Waals surface area contributed by atoms with Gasteiger partial charge in [0.1, 0.15) is 14.4 Å². The third kappa shape index (κ3) is 3.67. The molecule has 0 unspecified atom stereocenters. The van der Waals surface area contributed by atoms with E-state index in [-0.39, 0.29) is 0 Å². The van der Waals surface area contributed by atoms with Crippen molar-refractivity contribution in [2.75, 3.05) is 0 Å². The van der Waals surface area contributed by atoms with E-state index in [0.717, 1.165) is 18.3 Å². The number of rotatable bonds is 5. The Balaban J connectivity index is 3.06. The summed E-state index contributed by atoms with van der Waals surface area (Å²) in [4.78, 5) is 11.2. The largest absolute Gasteiger partial charge is 0.298 e. The van der Waals surface area contributed by atoms with Crippen molar-refractivity contribution in [1.82, 2.24) is 0 Å². The lowest BCUT2D eigenvalue weighted by Crippen LogP contribution is -2.40. The van der Waals surface area contributed by atoms with Gasteiger partial charge in [0.2, 0.25) is 0 Å². The standard InChI is InChI=1S/C15H22OSi/c1-5-13(2)14(11-16)12-17(3,4)15-9-7-6-8-10-15/h6-13H,5H2,1-4H3/b14-12+/t13-/m1/s1. The Bertz CT molecular complexity index is 393. The van der Waals surface area contributed by atoms with Gasteiger partial charge in [0.15, 0.2) is 0 Å². The van der Waals surface area contributed by atoms with Gasteiger partial charge in [0, 0.05) is 0 Å². The molecule has 0 saturated heterocycles. The number of carbonyl (C=O) groups excluding carboxylic acids is 1. The summed E-state index contributed by atoms with van der Waals surface area (Å²) in [7, 11) is -1.64. The van der Waals surface area contributed by atoms with Gasteiger partial charge in [0.25, 0.3) is 0 Å². The molecule has 1 nitrogen and oxygen atoms in total. The van der Waals surface area contributed by atoms with E-state index in [9.17, 15) is 4.79 Å². The fourth-order valence-electron chi connectivity index (χ4n) is 1.90. The lowest BCUT2D eigenvalue weighted by Gasteiger charge is -2.21. The van der Waals surface area contributed by atoms with Gasteiger partial charge in [-0.15, -0.1) is 0 Å². The number of hydrogen-bond acceptors (Lipinski definition) is 1. The highest BCUT2D eigenvalue weighted by atomic mass is 28.3. The number of allylic oxidation sites excluding steroid dienone is 1. The third-order valence-electron chi connectivity index (χ3n) is 3.36. The quantitative estimate of drug-likeness (QED) is 0.442. The molecule has 0 saturated carbocycles. The Labute approximate surface area is 106 Å². The normalized spacial score (nSPS) is 14.5. The lowest BCUT2D eigenvalue weighted by atomic mass is 10.0. The first kappa shape index (κ1) is 13.9. The molecule has 0 amide bonds. The van der Waals surface area contributed by atoms with E-state index in [1.54, 1.807) is 0 Å². The van der Waals surface area contributed by atoms with E-state index >= 15 is 0 Å². The molecule has 1 aromatic carbocycles. The molecule has 2 heteroatoms. The average Bonchev–Trinajstić information content (AvgIpc) is 2.36. The molecule has 1 aromatic rings. The molecule has 1 atom stereocenters. The number of aldehydes is 1. The molecule has 0 radical (unpaired) electrons. The predicted octanol–water partition coefficient (Wildman–Crippen LogP) is 3.31. The van der Waals surface area contributed by atoms with Crippen molar-refractivity contribution in [3.8, 4) is 0 Å². The summed E-state index contributed by atoms with van der Waals surface area (Å²) in [5.74, 6) is 0.364. The van der Waals surface area contributed by atoms with Crippen molar-refractivity contribution in [2.24, 2.45) is 5.92 Å². The van der Waals surface area contributed by atoms with Crippen LogP contribution in [-0.4, -0.2) is 14.4 Å². The van der Waals surface area contributed by atoms with Gasteiger partial charge in [-0.2, -0.15) is 0 Å². The number of hydrogen-bond donors (Lipinski definition) is 0. The van der Waals surface area contributed by atoms with Crippen molar-refractivity contribution in [3.05, 3.63) is 41.6 Å². The van der Waals surface area contributed by atoms with Crippen LogP contribution in [0.15, 0.2) is 41.6 Å². The Morgan fingerprint density at radius 1 is 1.29 bits per heavy atom. The highest BCUT2D eigenvalue weighted by Gasteiger charge is 2.22. The fourth-order valence-corrected chi connectivity index (χ4v) is 4.30. The highest BCUT2D eigenvalue weighted by molar-refractivity contribution is 6.94. The second kappa shape index (κ2) is 5.96. The molecule has 17 heavy (non-hydrogen) atoms. The minimum atomic E-state index is -1.64. The summed E-state index contributed by atoms with van der Waals surface area (Å²) in [5.41, 5.74) is 3.21. The van der Waals surface area contributed by atoms with Gasteiger partial charge >= 0.3 is 0 Å². The predicted molar refractivity (Wildman–Crippen MR) is 77.2 cm³/mol. The molecule has 0 aliphatic heterocycles. The van der Waals surface area contributed by atoms with Crippen molar-refractivity contribution < 1.29 is 4.79 Å². The van der Waals surface area contributed by atoms with Crippen LogP contribution in [0.5, 0.6) is 0 Å². The fraction of sp³-hybridized carbons (Fsp3) is 0.400. The zero-order valence-electron chi connectivity index (χ0n) is 11.2. The minimum absolute atomic E-state index is 0.364. The first-order chi connectivity index (χ1) is 8.01. The van der Waals surface area contributed by atoms with E-state index in [2.05, 4.69) is 56.9 Å². The Morgan fingerprint density at radius 3 is 2.35 bits per heavy atom. The smallest absolute Gasteiger partial charge is 0.145 e. The summed E-state index contributed by atoms with van der Waals surface area (Å²) >= 11 is 0. The minimum Gasteiger partial charge on any atom is -0.298 e. The number of benzene rings is 1. The lowest BCUT2D eigenvalue weighted by molar-refractivity contribution is -0.105. The van der Waals surface area contributed by atoms with Crippen LogP contribution in [0.2, 0.25) is 13.1 Å². The van der Waals surface area contributed by atoms with Crippen LogP contribution in [0.25, 0.3) is 0 Å². The Morgan fingerprint density at radius 2 is 1.88 bits per heavy atom. The zero-order valence-corrected chi connectivity index (χ0v) is 12.2. The molecule has 0 fully saturated rings. The van der Waals surface area contributed by atoms with Crippen LogP contribution < -0.4 is 5.19 Å². The monoisotopic (exact) mass is 246 g/mol. The second-order valence-electron chi connectivity index (χ2n) is 5.16. The number of carbonyl (C=O) groups is 1. The van der Waals surface area contributed by atoms with Crippen LogP contribution in [0.4, 0.5) is 0 Å². The van der Waals surface area contributed by atoms with Gasteiger partial charge in [-0.25, -0.2) is 0 Å². The summed E-state index contributed by atoms with van der Waals surface area (Å²) in [6.07, 6.45) is 2.05. The van der Waals surface area contributed by atoms with Gasteiger partial charge < -0.3 is 0 Å². The van der Waals surface area contributed by atoms with Gasteiger partial charge in [-0.3, -0.25) is 4.79 Å². The van der Waals surface area contributed by atoms with Crippen molar-refractivity contribution in [1.29, 1.82) is 0 Å². The Kier molecular flexibility index (Phi) is 4.88. The molecule has 0 bridgehead atoms. The van der Waals surface area contributed by atoms with Gasteiger partial charge in [0.05, 0.1) is 0 Å². The highest BCUT2D eigenvalue weighted by Crippen LogP contribution is 2.16. The first-order valence-corrected chi connectivity index (χ1v) is 9.32. The third-order valence-corrected chi connectivity index (χ3v) is 6.24. The zero-order chi connectivity index (χ0) is 12.9. The van der Waals surface area contributed by atoms with Crippen LogP contribution in [-0.2, 0) is 4.79 Å². The molecule has 0 spiro atoms. The average molecular weight is 246 g/mol. The maximum absolute atomic E-state index is 11.2. The molecule has 0 aliphatic carbocycles. The summed E-state index contributed by atoms with van der Waals surface area (Å²) in [5, 5.41) is 1.38. The molecule has 0 aliphatic rings. The van der Waals surface area contributed by atoms with Crippen molar-refractivity contribution in [2.45, 2.75) is 33.4 Å². The van der Waals surface area contributed by atoms with E-state index in [1.807, 2.05) is 6.07 Å². The van der Waals surface area contributed by atoms with Crippen molar-refractivity contribution >= 4 is 19.5 Å². The first-order valence-electron chi connectivity index (χ1n) is 6.24. The maximum atomic E-state index is 11.2. The van der Waals surface area contributed by atoms with E-state index < -0.39 is 8.07 Å². The molecule has 0 heterocycles. The molecule has 92 valence electrons. The topological polar surface area (TPSA) is 17.1 Å². The van der Waals surface area contributed by atoms with Crippen LogP contribution in [0, 0.1) is 5.92 Å². The molecule has 0 N–H and O–H groups in total. The molecular weight excluding hydrogens is 224 g/mol. The summed E-state index contributed by atoms with van der Waals surface area (Å²) < 4.78 is 0. The SMILES string of the molecule is CC[C@@H](C)/C(C=O)=C/[Si](C)(C)c1ccccc1. The van der Waals surface area contributed by atoms with E-state index in [1.165, 1.54) is 5.19 Å². The van der Waals surface area contributed by atoms with Gasteiger partial charge in [-0.1, -0.05) is 68.2 Å². The Hall–Kier alpha value is -1.15. The van der Waals surface area contributed by atoms with Crippen molar-refractivity contribution in [3.63, 3.8) is 0 Å². The molecule has 1 rings (SSSR count). The maximum Gasteiger partial charge on any atom is 0.145 e.